The topological polar surface area (TPSA) is 67.4 Å². The van der Waals surface area contributed by atoms with Gasteiger partial charge in [0.05, 0.1) is 12.4 Å². The number of hydrogen-bond donors (Lipinski definition) is 1. The smallest absolute Gasteiger partial charge is 0.240 e. The number of hydrogen-bond acceptors (Lipinski definition) is 7. The second-order valence-electron chi connectivity index (χ2n) is 5.91. The zero-order valence-electron chi connectivity index (χ0n) is 16.0. The summed E-state index contributed by atoms with van der Waals surface area (Å²) in [6.45, 7) is 4.49. The molecule has 28 heavy (non-hydrogen) atoms. The number of benzene rings is 2. The van der Waals surface area contributed by atoms with Crippen LogP contribution in [0.3, 0.4) is 0 Å². The molecule has 0 bridgehead atoms. The SMILES string of the molecule is CCN(C(=O)C(C)Sc1nnc(Nc2cccc(OC)c2)s1)c1ccccc1. The first-order valence-corrected chi connectivity index (χ1v) is 10.6. The van der Waals surface area contributed by atoms with Gasteiger partial charge in [0.25, 0.3) is 0 Å². The van der Waals surface area contributed by atoms with Gasteiger partial charge in [-0.3, -0.25) is 4.79 Å². The number of nitrogens with one attached hydrogen (secondary N) is 1. The summed E-state index contributed by atoms with van der Waals surface area (Å²) < 4.78 is 5.97. The van der Waals surface area contributed by atoms with Crippen molar-refractivity contribution < 1.29 is 9.53 Å². The lowest BCUT2D eigenvalue weighted by molar-refractivity contribution is -0.117. The van der Waals surface area contributed by atoms with Crippen LogP contribution >= 0.6 is 23.1 Å². The molecule has 1 amide bonds. The number of thioether (sulfide) groups is 1. The zero-order valence-corrected chi connectivity index (χ0v) is 17.6. The molecule has 146 valence electrons. The normalized spacial score (nSPS) is 11.7. The molecule has 0 aliphatic heterocycles. The highest BCUT2D eigenvalue weighted by Crippen LogP contribution is 2.32. The van der Waals surface area contributed by atoms with E-state index in [4.69, 9.17) is 4.74 Å². The molecule has 0 radical (unpaired) electrons. The molecule has 3 aromatic rings. The Balaban J connectivity index is 1.64. The number of rotatable bonds is 8. The number of aromatic nitrogens is 2. The third-order valence-corrected chi connectivity index (χ3v) is 6.01. The maximum absolute atomic E-state index is 12.9. The molecule has 1 aromatic heterocycles. The van der Waals surface area contributed by atoms with E-state index in [0.717, 1.165) is 21.5 Å². The minimum absolute atomic E-state index is 0.0520. The fourth-order valence-corrected chi connectivity index (χ4v) is 4.61. The molecule has 6 nitrogen and oxygen atoms in total. The Hall–Kier alpha value is -2.58. The lowest BCUT2D eigenvalue weighted by Crippen LogP contribution is -2.36. The van der Waals surface area contributed by atoms with Gasteiger partial charge in [0.1, 0.15) is 5.75 Å². The van der Waals surface area contributed by atoms with E-state index in [-0.39, 0.29) is 11.2 Å². The summed E-state index contributed by atoms with van der Waals surface area (Å²) in [5.41, 5.74) is 1.78. The number of carbonyl (C=O) groups excluding carboxylic acids is 1. The zero-order chi connectivity index (χ0) is 19.9. The second kappa shape index (κ2) is 9.57. The molecule has 0 saturated carbocycles. The second-order valence-corrected chi connectivity index (χ2v) is 8.47. The molecule has 0 aliphatic carbocycles. The predicted octanol–water partition coefficient (Wildman–Crippen LogP) is 4.82. The van der Waals surface area contributed by atoms with Gasteiger partial charge in [0.2, 0.25) is 11.0 Å². The molecule has 1 atom stereocenters. The average Bonchev–Trinajstić information content (AvgIpc) is 3.16. The highest BCUT2D eigenvalue weighted by molar-refractivity contribution is 8.02. The summed E-state index contributed by atoms with van der Waals surface area (Å²) in [7, 11) is 1.63. The molecule has 0 saturated heterocycles. The van der Waals surface area contributed by atoms with Crippen molar-refractivity contribution in [1.82, 2.24) is 10.2 Å². The number of amides is 1. The van der Waals surface area contributed by atoms with Gasteiger partial charge in [-0.25, -0.2) is 0 Å². The quantitative estimate of drug-likeness (QED) is 0.533. The number of anilines is 3. The Morgan fingerprint density at radius 3 is 2.71 bits per heavy atom. The fourth-order valence-electron chi connectivity index (χ4n) is 2.63. The van der Waals surface area contributed by atoms with E-state index in [9.17, 15) is 4.79 Å². The van der Waals surface area contributed by atoms with Crippen LogP contribution in [0.4, 0.5) is 16.5 Å². The highest BCUT2D eigenvalue weighted by Gasteiger charge is 2.23. The van der Waals surface area contributed by atoms with E-state index < -0.39 is 0 Å². The number of ether oxygens (including phenoxy) is 1. The lowest BCUT2D eigenvalue weighted by Gasteiger charge is -2.23. The minimum atomic E-state index is -0.266. The molecule has 0 aliphatic rings. The maximum Gasteiger partial charge on any atom is 0.240 e. The monoisotopic (exact) mass is 414 g/mol. The third kappa shape index (κ3) is 5.02. The van der Waals surface area contributed by atoms with Crippen LogP contribution < -0.4 is 15.0 Å². The van der Waals surface area contributed by atoms with Crippen LogP contribution in [0.25, 0.3) is 0 Å². The van der Waals surface area contributed by atoms with Crippen molar-refractivity contribution in [2.75, 3.05) is 23.9 Å². The van der Waals surface area contributed by atoms with Crippen molar-refractivity contribution in [2.45, 2.75) is 23.4 Å². The highest BCUT2D eigenvalue weighted by atomic mass is 32.2. The molecule has 1 heterocycles. The van der Waals surface area contributed by atoms with E-state index in [2.05, 4.69) is 15.5 Å². The lowest BCUT2D eigenvalue weighted by atomic mass is 10.2. The number of methoxy groups -OCH3 is 1. The van der Waals surface area contributed by atoms with Crippen LogP contribution in [-0.2, 0) is 4.79 Å². The van der Waals surface area contributed by atoms with Crippen LogP contribution in [0.5, 0.6) is 5.75 Å². The van der Waals surface area contributed by atoms with Crippen molar-refractivity contribution >= 4 is 45.5 Å². The van der Waals surface area contributed by atoms with Gasteiger partial charge in [0, 0.05) is 24.0 Å². The number of para-hydroxylation sites is 1. The molecule has 3 rings (SSSR count). The first-order valence-electron chi connectivity index (χ1n) is 8.88. The molecule has 1 unspecified atom stereocenters. The summed E-state index contributed by atoms with van der Waals surface area (Å²) in [6.07, 6.45) is 0. The molecule has 0 spiro atoms. The summed E-state index contributed by atoms with van der Waals surface area (Å²) in [6, 6.07) is 17.3. The van der Waals surface area contributed by atoms with Crippen molar-refractivity contribution in [3.63, 3.8) is 0 Å². The van der Waals surface area contributed by atoms with Crippen LogP contribution in [0.15, 0.2) is 58.9 Å². The van der Waals surface area contributed by atoms with E-state index in [0.29, 0.717) is 11.7 Å². The molecule has 8 heteroatoms. The standard InChI is InChI=1S/C20H22N4O2S2/c1-4-24(16-10-6-5-7-11-16)18(25)14(2)27-20-23-22-19(28-20)21-15-9-8-12-17(13-15)26-3/h5-14H,4H2,1-3H3,(H,21,22). The van der Waals surface area contributed by atoms with Crippen LogP contribution in [0.1, 0.15) is 13.8 Å². The molecule has 1 N–H and O–H groups in total. The Kier molecular flexibility index (Phi) is 6.89. The van der Waals surface area contributed by atoms with Gasteiger partial charge < -0.3 is 15.0 Å². The number of nitrogens with zero attached hydrogens (tertiary/aromatic N) is 3. The summed E-state index contributed by atoms with van der Waals surface area (Å²) in [4.78, 5) is 14.7. The summed E-state index contributed by atoms with van der Waals surface area (Å²) in [5.74, 6) is 0.820. The Labute approximate surface area is 172 Å². The fraction of sp³-hybridized carbons (Fsp3) is 0.250. The van der Waals surface area contributed by atoms with Crippen molar-refractivity contribution in [3.05, 3.63) is 54.6 Å². The maximum atomic E-state index is 12.9. The third-order valence-electron chi connectivity index (χ3n) is 4.00. The van der Waals surface area contributed by atoms with Gasteiger partial charge in [-0.2, -0.15) is 0 Å². The predicted molar refractivity (Wildman–Crippen MR) is 116 cm³/mol. The summed E-state index contributed by atoms with van der Waals surface area (Å²) >= 11 is 2.84. The van der Waals surface area contributed by atoms with Gasteiger partial charge in [-0.15, -0.1) is 10.2 Å². The van der Waals surface area contributed by atoms with E-state index >= 15 is 0 Å². The van der Waals surface area contributed by atoms with E-state index in [1.165, 1.54) is 23.1 Å². The van der Waals surface area contributed by atoms with Crippen LogP contribution in [0, 0.1) is 0 Å². The molecule has 2 aromatic carbocycles. The average molecular weight is 415 g/mol. The van der Waals surface area contributed by atoms with Gasteiger partial charge in [-0.05, 0) is 38.1 Å². The van der Waals surface area contributed by atoms with Crippen LogP contribution in [-0.4, -0.2) is 35.0 Å². The number of carbonyl (C=O) groups is 1. The van der Waals surface area contributed by atoms with Gasteiger partial charge >= 0.3 is 0 Å². The van der Waals surface area contributed by atoms with Gasteiger partial charge in [0.15, 0.2) is 4.34 Å². The largest absolute Gasteiger partial charge is 0.497 e. The Morgan fingerprint density at radius 2 is 2.00 bits per heavy atom. The van der Waals surface area contributed by atoms with Crippen molar-refractivity contribution in [3.8, 4) is 5.75 Å². The molecular weight excluding hydrogens is 392 g/mol. The first kappa shape index (κ1) is 20.2. The minimum Gasteiger partial charge on any atom is -0.497 e. The van der Waals surface area contributed by atoms with Gasteiger partial charge in [-0.1, -0.05) is 47.4 Å². The van der Waals surface area contributed by atoms with E-state index in [1.807, 2.05) is 68.4 Å². The van der Waals surface area contributed by atoms with Crippen molar-refractivity contribution in [1.29, 1.82) is 0 Å². The Morgan fingerprint density at radius 1 is 1.21 bits per heavy atom. The van der Waals surface area contributed by atoms with Crippen LogP contribution in [0.2, 0.25) is 0 Å². The Bertz CT molecular complexity index is 917. The summed E-state index contributed by atoms with van der Waals surface area (Å²) in [5, 5.41) is 12.0. The van der Waals surface area contributed by atoms with E-state index in [1.54, 1.807) is 12.0 Å². The molecule has 0 fully saturated rings. The first-order chi connectivity index (χ1) is 13.6. The van der Waals surface area contributed by atoms with Crippen molar-refractivity contribution in [2.24, 2.45) is 0 Å². The molecular formula is C20H22N4O2S2.